The predicted molar refractivity (Wildman–Crippen MR) is 168 cm³/mol. The zero-order valence-electron chi connectivity index (χ0n) is 24.9. The summed E-state index contributed by atoms with van der Waals surface area (Å²) in [5.74, 6) is -0.594. The zero-order chi connectivity index (χ0) is 32.2. The van der Waals surface area contributed by atoms with Crippen molar-refractivity contribution in [1.82, 2.24) is 15.5 Å². The summed E-state index contributed by atoms with van der Waals surface area (Å²) in [5, 5.41) is 8.42. The first-order chi connectivity index (χ1) is 22.3. The van der Waals surface area contributed by atoms with Crippen molar-refractivity contribution in [3.63, 3.8) is 0 Å². The Morgan fingerprint density at radius 2 is 1.50 bits per heavy atom. The molecular formula is C35H30N4O7. The van der Waals surface area contributed by atoms with Crippen molar-refractivity contribution >= 4 is 35.2 Å². The lowest BCUT2D eigenvalue weighted by Gasteiger charge is -2.27. The van der Waals surface area contributed by atoms with Crippen LogP contribution in [0, 0.1) is 0 Å². The Bertz CT molecular complexity index is 1840. The minimum atomic E-state index is -1.00. The molecule has 1 fully saturated rings. The molecule has 0 aliphatic carbocycles. The molecule has 2 aliphatic rings. The minimum absolute atomic E-state index is 0.0684. The Morgan fingerprint density at radius 3 is 2.24 bits per heavy atom. The van der Waals surface area contributed by atoms with Crippen LogP contribution in [-0.2, 0) is 22.7 Å². The summed E-state index contributed by atoms with van der Waals surface area (Å²) < 4.78 is 11.2. The maximum absolute atomic E-state index is 13.1. The van der Waals surface area contributed by atoms with Crippen LogP contribution in [0.3, 0.4) is 0 Å². The Morgan fingerprint density at radius 1 is 0.826 bits per heavy atom. The van der Waals surface area contributed by atoms with Crippen molar-refractivity contribution in [1.29, 1.82) is 0 Å². The molecule has 46 heavy (non-hydrogen) atoms. The van der Waals surface area contributed by atoms with E-state index in [-0.39, 0.29) is 29.9 Å². The molecule has 1 atom stereocenters. The van der Waals surface area contributed by atoms with E-state index < -0.39 is 29.7 Å². The molecule has 0 radical (unpaired) electrons. The number of rotatable bonds is 10. The van der Waals surface area contributed by atoms with Crippen LogP contribution < -0.4 is 25.4 Å². The van der Waals surface area contributed by atoms with E-state index in [1.807, 2.05) is 24.3 Å². The standard InChI is InChI=1S/C35H30N4O7/c1-45-24-11-13-25(14-12-24)46-30-5-3-2-4-28(30)37-32(41)23-9-6-21(7-10-23)19-36-20-22-8-15-26-27(18-22)35(44)39(34(26)43)29-16-17-31(40)38-33(29)42/h2-15,18,29,36H,16-17,19-20H2,1H3,(H,37,41)(H,38,40,42). The van der Waals surface area contributed by atoms with E-state index in [0.717, 1.165) is 16.0 Å². The number of fused-ring (bicyclic) bond motifs is 1. The number of nitrogens with one attached hydrogen (secondary N) is 3. The Labute approximate surface area is 264 Å². The summed E-state index contributed by atoms with van der Waals surface area (Å²) in [6, 6.07) is 25.5. The molecule has 0 saturated carbocycles. The summed E-state index contributed by atoms with van der Waals surface area (Å²) >= 11 is 0. The summed E-state index contributed by atoms with van der Waals surface area (Å²) in [6.45, 7) is 0.910. The van der Waals surface area contributed by atoms with E-state index >= 15 is 0 Å². The number of hydrogen-bond donors (Lipinski definition) is 3. The number of carbonyl (C=O) groups is 5. The number of carbonyl (C=O) groups excluding carboxylic acids is 5. The van der Waals surface area contributed by atoms with Gasteiger partial charge in [-0.15, -0.1) is 0 Å². The highest BCUT2D eigenvalue weighted by Gasteiger charge is 2.44. The number of ether oxygens (including phenoxy) is 2. The highest BCUT2D eigenvalue weighted by molar-refractivity contribution is 6.23. The first-order valence-corrected chi connectivity index (χ1v) is 14.7. The van der Waals surface area contributed by atoms with Crippen LogP contribution in [-0.4, -0.2) is 47.6 Å². The summed E-state index contributed by atoms with van der Waals surface area (Å²) in [6.07, 6.45) is 0.177. The van der Waals surface area contributed by atoms with E-state index in [4.69, 9.17) is 9.47 Å². The number of hydrogen-bond acceptors (Lipinski definition) is 8. The molecule has 5 amide bonds. The van der Waals surface area contributed by atoms with E-state index in [1.54, 1.807) is 73.8 Å². The largest absolute Gasteiger partial charge is 0.497 e. The number of para-hydroxylation sites is 2. The van der Waals surface area contributed by atoms with Gasteiger partial charge in [-0.2, -0.15) is 0 Å². The monoisotopic (exact) mass is 618 g/mol. The smallest absolute Gasteiger partial charge is 0.262 e. The van der Waals surface area contributed by atoms with Gasteiger partial charge in [-0.1, -0.05) is 30.3 Å². The normalized spacial score (nSPS) is 15.8. The van der Waals surface area contributed by atoms with Gasteiger partial charge in [0.1, 0.15) is 17.5 Å². The number of anilines is 1. The van der Waals surface area contributed by atoms with E-state index in [9.17, 15) is 24.0 Å². The lowest BCUT2D eigenvalue weighted by molar-refractivity contribution is -0.136. The second-order valence-electron chi connectivity index (χ2n) is 10.9. The Balaban J connectivity index is 1.03. The predicted octanol–water partition coefficient (Wildman–Crippen LogP) is 4.43. The SMILES string of the molecule is COc1ccc(Oc2ccccc2NC(=O)c2ccc(CNCc3ccc4c(c3)C(=O)N(C3CCC(=O)NC3=O)C4=O)cc2)cc1. The van der Waals surface area contributed by atoms with Crippen molar-refractivity contribution in [2.75, 3.05) is 12.4 Å². The van der Waals surface area contributed by atoms with Crippen molar-refractivity contribution in [2.24, 2.45) is 0 Å². The average molecular weight is 619 g/mol. The fourth-order valence-electron chi connectivity index (χ4n) is 5.38. The van der Waals surface area contributed by atoms with Gasteiger partial charge >= 0.3 is 0 Å². The number of nitrogens with zero attached hydrogens (tertiary/aromatic N) is 1. The summed E-state index contributed by atoms with van der Waals surface area (Å²) in [7, 11) is 1.59. The van der Waals surface area contributed by atoms with E-state index in [0.29, 0.717) is 41.6 Å². The van der Waals surface area contributed by atoms with Gasteiger partial charge in [-0.05, 0) is 78.2 Å². The number of piperidine rings is 1. The van der Waals surface area contributed by atoms with Crippen molar-refractivity contribution in [3.05, 3.63) is 119 Å². The average Bonchev–Trinajstić information content (AvgIpc) is 3.31. The molecule has 4 aromatic rings. The number of imide groups is 2. The first kappa shape index (κ1) is 30.2. The minimum Gasteiger partial charge on any atom is -0.497 e. The fraction of sp³-hybridized carbons (Fsp3) is 0.171. The molecule has 1 saturated heterocycles. The molecule has 6 rings (SSSR count). The third kappa shape index (κ3) is 6.35. The van der Waals surface area contributed by atoms with Crippen LogP contribution in [0.2, 0.25) is 0 Å². The molecule has 2 heterocycles. The van der Waals surface area contributed by atoms with Crippen LogP contribution in [0.15, 0.2) is 91.0 Å². The van der Waals surface area contributed by atoms with E-state index in [1.165, 1.54) is 0 Å². The van der Waals surface area contributed by atoms with Gasteiger partial charge in [0, 0.05) is 25.1 Å². The van der Waals surface area contributed by atoms with Crippen LogP contribution in [0.4, 0.5) is 5.69 Å². The molecular weight excluding hydrogens is 588 g/mol. The quantitative estimate of drug-likeness (QED) is 0.222. The molecule has 0 aromatic heterocycles. The molecule has 1 unspecified atom stereocenters. The van der Waals surface area contributed by atoms with Crippen LogP contribution in [0.5, 0.6) is 17.2 Å². The van der Waals surface area contributed by atoms with Crippen LogP contribution in [0.1, 0.15) is 55.0 Å². The molecule has 11 nitrogen and oxygen atoms in total. The van der Waals surface area contributed by atoms with Gasteiger partial charge < -0.3 is 20.1 Å². The second kappa shape index (κ2) is 13.0. The van der Waals surface area contributed by atoms with Gasteiger partial charge in [0.25, 0.3) is 17.7 Å². The maximum atomic E-state index is 13.1. The molecule has 11 heteroatoms. The Hall–Kier alpha value is -5.81. The molecule has 232 valence electrons. The van der Waals surface area contributed by atoms with Gasteiger partial charge in [0.05, 0.1) is 23.9 Å². The molecule has 3 N–H and O–H groups in total. The van der Waals surface area contributed by atoms with Crippen molar-refractivity contribution in [2.45, 2.75) is 32.0 Å². The molecule has 0 spiro atoms. The summed E-state index contributed by atoms with van der Waals surface area (Å²) in [5.41, 5.74) is 3.21. The van der Waals surface area contributed by atoms with Crippen LogP contribution >= 0.6 is 0 Å². The van der Waals surface area contributed by atoms with Gasteiger partial charge in [0.15, 0.2) is 5.75 Å². The topological polar surface area (TPSA) is 143 Å². The van der Waals surface area contributed by atoms with Crippen molar-refractivity contribution in [3.8, 4) is 17.2 Å². The van der Waals surface area contributed by atoms with Crippen molar-refractivity contribution < 1.29 is 33.4 Å². The Kier molecular flexibility index (Phi) is 8.57. The van der Waals surface area contributed by atoms with Gasteiger partial charge in [-0.25, -0.2) is 0 Å². The second-order valence-corrected chi connectivity index (χ2v) is 10.9. The lowest BCUT2D eigenvalue weighted by Crippen LogP contribution is -2.54. The molecule has 4 aromatic carbocycles. The highest BCUT2D eigenvalue weighted by Crippen LogP contribution is 2.31. The third-order valence-corrected chi connectivity index (χ3v) is 7.80. The fourth-order valence-corrected chi connectivity index (χ4v) is 5.38. The van der Waals surface area contributed by atoms with Crippen LogP contribution in [0.25, 0.3) is 0 Å². The molecule has 2 aliphatic heterocycles. The van der Waals surface area contributed by atoms with Gasteiger partial charge in [-0.3, -0.25) is 34.2 Å². The number of benzene rings is 4. The maximum Gasteiger partial charge on any atom is 0.262 e. The lowest BCUT2D eigenvalue weighted by atomic mass is 10.0. The van der Waals surface area contributed by atoms with E-state index in [2.05, 4.69) is 16.0 Å². The molecule has 0 bridgehead atoms. The highest BCUT2D eigenvalue weighted by atomic mass is 16.5. The first-order valence-electron chi connectivity index (χ1n) is 14.7. The zero-order valence-corrected chi connectivity index (χ0v) is 24.9. The number of methoxy groups -OCH3 is 1. The third-order valence-electron chi connectivity index (χ3n) is 7.80. The van der Waals surface area contributed by atoms with Gasteiger partial charge in [0.2, 0.25) is 11.8 Å². The number of amides is 5. The summed E-state index contributed by atoms with van der Waals surface area (Å²) in [4.78, 5) is 63.8.